The van der Waals surface area contributed by atoms with E-state index < -0.39 is 35.8 Å². The highest BCUT2D eigenvalue weighted by Crippen LogP contribution is 2.31. The summed E-state index contributed by atoms with van der Waals surface area (Å²) in [7, 11) is 1.02. The number of carbonyl (C=O) groups is 1. The Bertz CT molecular complexity index is 403. The molecule has 0 saturated carbocycles. The summed E-state index contributed by atoms with van der Waals surface area (Å²) in [5.74, 6) is -1.99. The highest BCUT2D eigenvalue weighted by molar-refractivity contribution is 5.72. The van der Waals surface area contributed by atoms with Gasteiger partial charge in [0.05, 0.1) is 24.8 Å². The summed E-state index contributed by atoms with van der Waals surface area (Å²) in [4.78, 5) is 13.9. The SMILES string of the molecule is COC(=O)Cc1nc(F)ccc1C(F)(F)F. The van der Waals surface area contributed by atoms with Gasteiger partial charge in [0.2, 0.25) is 5.95 Å². The summed E-state index contributed by atoms with van der Waals surface area (Å²) in [6.45, 7) is 0. The predicted molar refractivity (Wildman–Crippen MR) is 44.9 cm³/mol. The van der Waals surface area contributed by atoms with E-state index in [1.54, 1.807) is 0 Å². The smallest absolute Gasteiger partial charge is 0.418 e. The Kier molecular flexibility index (Phi) is 3.46. The number of esters is 1. The average molecular weight is 237 g/mol. The maximum absolute atomic E-state index is 12.7. The van der Waals surface area contributed by atoms with Gasteiger partial charge in [0.1, 0.15) is 0 Å². The van der Waals surface area contributed by atoms with Gasteiger partial charge in [-0.05, 0) is 12.1 Å². The van der Waals surface area contributed by atoms with E-state index in [0.717, 1.165) is 7.11 Å². The first-order chi connectivity index (χ1) is 7.34. The quantitative estimate of drug-likeness (QED) is 0.448. The van der Waals surface area contributed by atoms with Gasteiger partial charge >= 0.3 is 12.1 Å². The van der Waals surface area contributed by atoms with Crippen LogP contribution in [0.3, 0.4) is 0 Å². The molecular weight excluding hydrogens is 230 g/mol. The summed E-state index contributed by atoms with van der Waals surface area (Å²) in [5, 5.41) is 0. The first kappa shape index (κ1) is 12.4. The van der Waals surface area contributed by atoms with Gasteiger partial charge in [-0.15, -0.1) is 0 Å². The van der Waals surface area contributed by atoms with Crippen LogP contribution in [0.5, 0.6) is 0 Å². The molecule has 0 atom stereocenters. The highest BCUT2D eigenvalue weighted by atomic mass is 19.4. The molecule has 0 radical (unpaired) electrons. The van der Waals surface area contributed by atoms with E-state index in [1.165, 1.54) is 0 Å². The number of nitrogens with zero attached hydrogens (tertiary/aromatic N) is 1. The van der Waals surface area contributed by atoms with Gasteiger partial charge < -0.3 is 4.74 Å². The van der Waals surface area contributed by atoms with Gasteiger partial charge in [-0.2, -0.15) is 17.6 Å². The number of aromatic nitrogens is 1. The van der Waals surface area contributed by atoms with Crippen molar-refractivity contribution in [2.75, 3.05) is 7.11 Å². The summed E-state index contributed by atoms with van der Waals surface area (Å²) < 4.78 is 54.1. The fourth-order valence-corrected chi connectivity index (χ4v) is 1.08. The molecule has 0 aliphatic carbocycles. The molecule has 0 aliphatic rings. The summed E-state index contributed by atoms with van der Waals surface area (Å²) in [6, 6.07) is 1.13. The van der Waals surface area contributed by atoms with Crippen molar-refractivity contribution in [3.63, 3.8) is 0 Å². The van der Waals surface area contributed by atoms with E-state index in [9.17, 15) is 22.4 Å². The van der Waals surface area contributed by atoms with Crippen LogP contribution in [0.1, 0.15) is 11.3 Å². The lowest BCUT2D eigenvalue weighted by Gasteiger charge is -2.10. The van der Waals surface area contributed by atoms with Crippen LogP contribution < -0.4 is 0 Å². The second kappa shape index (κ2) is 4.46. The second-order valence-electron chi connectivity index (χ2n) is 2.88. The lowest BCUT2D eigenvalue weighted by Crippen LogP contribution is -2.15. The zero-order valence-electron chi connectivity index (χ0n) is 8.14. The topological polar surface area (TPSA) is 39.2 Å². The summed E-state index contributed by atoms with van der Waals surface area (Å²) in [5.41, 5.74) is -1.82. The molecule has 1 aromatic rings. The molecule has 0 unspecified atom stereocenters. The third-order valence-corrected chi connectivity index (χ3v) is 1.79. The third kappa shape index (κ3) is 2.91. The Morgan fingerprint density at radius 3 is 2.56 bits per heavy atom. The van der Waals surface area contributed by atoms with Crippen molar-refractivity contribution in [1.29, 1.82) is 0 Å². The largest absolute Gasteiger partial charge is 0.469 e. The molecule has 0 saturated heterocycles. The van der Waals surface area contributed by atoms with Crippen LogP contribution in [0.2, 0.25) is 0 Å². The predicted octanol–water partition coefficient (Wildman–Crippen LogP) is 1.95. The van der Waals surface area contributed by atoms with Gasteiger partial charge in [-0.25, -0.2) is 4.98 Å². The van der Waals surface area contributed by atoms with Crippen molar-refractivity contribution >= 4 is 5.97 Å². The number of ether oxygens (including phenoxy) is 1. The van der Waals surface area contributed by atoms with Crippen LogP contribution in [-0.2, 0) is 22.1 Å². The van der Waals surface area contributed by atoms with Crippen molar-refractivity contribution in [2.45, 2.75) is 12.6 Å². The Labute approximate surface area is 88.0 Å². The lowest BCUT2D eigenvalue weighted by atomic mass is 10.1. The number of hydrogen-bond donors (Lipinski definition) is 0. The molecule has 0 aromatic carbocycles. The average Bonchev–Trinajstić information content (AvgIpc) is 2.15. The van der Waals surface area contributed by atoms with Crippen LogP contribution >= 0.6 is 0 Å². The number of rotatable bonds is 2. The van der Waals surface area contributed by atoms with Gasteiger partial charge in [-0.3, -0.25) is 4.79 Å². The fourth-order valence-electron chi connectivity index (χ4n) is 1.08. The Morgan fingerprint density at radius 2 is 2.06 bits per heavy atom. The molecule has 1 heterocycles. The van der Waals surface area contributed by atoms with Gasteiger partial charge in [0.15, 0.2) is 0 Å². The number of hydrogen-bond acceptors (Lipinski definition) is 3. The molecular formula is C9H7F4NO2. The minimum Gasteiger partial charge on any atom is -0.469 e. The van der Waals surface area contributed by atoms with E-state index in [1.807, 2.05) is 0 Å². The van der Waals surface area contributed by atoms with Crippen molar-refractivity contribution < 1.29 is 27.1 Å². The first-order valence-corrected chi connectivity index (χ1v) is 4.14. The van der Waals surface area contributed by atoms with E-state index >= 15 is 0 Å². The minimum atomic E-state index is -4.68. The molecule has 0 bridgehead atoms. The molecule has 0 amide bonds. The number of pyridine rings is 1. The van der Waals surface area contributed by atoms with Crippen molar-refractivity contribution in [3.05, 3.63) is 29.3 Å². The van der Waals surface area contributed by atoms with E-state index in [4.69, 9.17) is 0 Å². The highest BCUT2D eigenvalue weighted by Gasteiger charge is 2.34. The fraction of sp³-hybridized carbons (Fsp3) is 0.333. The van der Waals surface area contributed by atoms with Crippen LogP contribution in [-0.4, -0.2) is 18.1 Å². The molecule has 0 fully saturated rings. The molecule has 3 nitrogen and oxygen atoms in total. The zero-order chi connectivity index (χ0) is 12.3. The van der Waals surface area contributed by atoms with Gasteiger partial charge in [0, 0.05) is 0 Å². The summed E-state index contributed by atoms with van der Waals surface area (Å²) >= 11 is 0. The Morgan fingerprint density at radius 1 is 1.44 bits per heavy atom. The normalized spacial score (nSPS) is 11.3. The number of carbonyl (C=O) groups excluding carboxylic acids is 1. The maximum Gasteiger partial charge on any atom is 0.418 e. The van der Waals surface area contributed by atoms with Crippen LogP contribution in [0, 0.1) is 5.95 Å². The molecule has 0 spiro atoms. The van der Waals surface area contributed by atoms with Crippen molar-refractivity contribution in [3.8, 4) is 0 Å². The molecule has 0 N–H and O–H groups in total. The Balaban J connectivity index is 3.13. The zero-order valence-corrected chi connectivity index (χ0v) is 8.14. The molecule has 7 heteroatoms. The molecule has 0 aliphatic heterocycles. The molecule has 88 valence electrons. The maximum atomic E-state index is 12.7. The van der Waals surface area contributed by atoms with Crippen molar-refractivity contribution in [1.82, 2.24) is 4.98 Å². The third-order valence-electron chi connectivity index (χ3n) is 1.79. The molecule has 1 rings (SSSR count). The number of alkyl halides is 3. The van der Waals surface area contributed by atoms with E-state index in [-0.39, 0.29) is 0 Å². The Hall–Kier alpha value is -1.66. The van der Waals surface area contributed by atoms with Gasteiger partial charge in [0.25, 0.3) is 0 Å². The number of methoxy groups -OCH3 is 1. The van der Waals surface area contributed by atoms with E-state index in [2.05, 4.69) is 9.72 Å². The van der Waals surface area contributed by atoms with Crippen LogP contribution in [0.15, 0.2) is 12.1 Å². The number of halogens is 4. The second-order valence-corrected chi connectivity index (χ2v) is 2.88. The minimum absolute atomic E-state index is 0.542. The van der Waals surface area contributed by atoms with E-state index in [0.29, 0.717) is 12.1 Å². The molecule has 16 heavy (non-hydrogen) atoms. The van der Waals surface area contributed by atoms with Crippen molar-refractivity contribution in [2.24, 2.45) is 0 Å². The standard InChI is InChI=1S/C9H7F4NO2/c1-16-8(15)4-6-5(9(11,12)13)2-3-7(10)14-6/h2-3H,4H2,1H3. The lowest BCUT2D eigenvalue weighted by molar-refractivity contribution is -0.141. The first-order valence-electron chi connectivity index (χ1n) is 4.14. The van der Waals surface area contributed by atoms with Gasteiger partial charge in [-0.1, -0.05) is 0 Å². The summed E-state index contributed by atoms with van der Waals surface area (Å²) in [6.07, 6.45) is -5.40. The van der Waals surface area contributed by atoms with Crippen LogP contribution in [0.4, 0.5) is 17.6 Å². The monoisotopic (exact) mass is 237 g/mol. The molecule has 1 aromatic heterocycles. The van der Waals surface area contributed by atoms with Crippen LogP contribution in [0.25, 0.3) is 0 Å².